The monoisotopic (exact) mass is 2330 g/mol. The summed E-state index contributed by atoms with van der Waals surface area (Å²) in [5.74, 6) is -3.03. The van der Waals surface area contributed by atoms with E-state index in [1.54, 1.807) is 111 Å². The molecule has 0 aromatic carbocycles. The van der Waals surface area contributed by atoms with Gasteiger partial charge in [0, 0.05) is 124 Å². The molecule has 0 amide bonds. The van der Waals surface area contributed by atoms with Gasteiger partial charge in [-0.1, -0.05) is 21.3 Å². The number of aliphatic imine (C=N–C) groups is 8. The molecule has 0 aliphatic rings. The summed E-state index contributed by atoms with van der Waals surface area (Å²) in [6, 6.07) is 0. The van der Waals surface area contributed by atoms with Crippen molar-refractivity contribution in [2.24, 2.45) is 39.9 Å². The van der Waals surface area contributed by atoms with Gasteiger partial charge in [0.1, 0.15) is 62.4 Å². The zero-order valence-electron chi connectivity index (χ0n) is 88.7. The van der Waals surface area contributed by atoms with Crippen molar-refractivity contribution in [2.45, 2.75) is 399 Å². The third-order valence-corrected chi connectivity index (χ3v) is 20.5. The molecule has 0 aliphatic carbocycles. The van der Waals surface area contributed by atoms with Crippen LogP contribution in [0.1, 0.15) is 350 Å². The topological polar surface area (TPSA) is 483 Å². The van der Waals surface area contributed by atoms with Gasteiger partial charge in [-0.05, 0) is 214 Å². The van der Waals surface area contributed by atoms with Crippen LogP contribution in [0.4, 0.5) is 0 Å². The van der Waals surface area contributed by atoms with E-state index in [4.69, 9.17) is 58.0 Å². The van der Waals surface area contributed by atoms with Crippen LogP contribution < -0.4 is 18.4 Å². The van der Waals surface area contributed by atoms with E-state index in [0.717, 1.165) is 11.4 Å². The molecule has 0 bridgehead atoms. The first-order valence-electron chi connectivity index (χ1n) is 49.3. The molecule has 36 nitrogen and oxygen atoms in total. The Labute approximate surface area is 863 Å². The van der Waals surface area contributed by atoms with Gasteiger partial charge in [-0.3, -0.25) is 117 Å². The molecule has 0 rings (SSSR count). The van der Waals surface area contributed by atoms with E-state index < -0.39 is 110 Å². The van der Waals surface area contributed by atoms with Crippen molar-refractivity contribution in [3.63, 3.8) is 0 Å². The number of rotatable bonds is 83. The van der Waals surface area contributed by atoms with Gasteiger partial charge < -0.3 is 56.8 Å². The second-order valence-corrected chi connectivity index (χ2v) is 50.9. The van der Waals surface area contributed by atoms with E-state index in [9.17, 15) is 76.7 Å². The standard InChI is InChI=1S/2C50H82N4O14.CH4.H2I3/c1-11-43(55)16-12-13-17-44(56)28-52-36(3)21-25-48(60)65-33-41(8)68-42(9)34-66-50(62)27-23-38(5)54-30-46(58)19-15-14-18-45(57)29-53-37(4)22-26-49(61)64-32-40(7)67-39(6)31-63-47(59)24-20-35(2)51-10;1-11-43(55)16-12-13-17-44(56)28-52-36(3)21-25-48(60)67-41(8)33-64-34-42(9)68-50(62)27-23-38(5)54-30-46(58)19-15-14-18-45(57)29-53-37(4)22-26-49(61)66-40(7)32-63-31-39(6)65-47(59)24-20-35(2)51-10;;1-3-2/h2*39-42H,11-34H2,1-10H3;1H4;1,3H/q;;;-1/i;;;1D,3D. The number of halogens is 3. The molecule has 0 spiro atoms. The number of unbranched alkanes of at least 4 members (excludes halogenated alkanes) is 4. The second kappa shape index (κ2) is 90.3. The van der Waals surface area contributed by atoms with Crippen molar-refractivity contribution in [3.8, 4) is 0 Å². The third kappa shape index (κ3) is 91.7. The van der Waals surface area contributed by atoms with Crippen LogP contribution in [0.5, 0.6) is 0 Å². The van der Waals surface area contributed by atoms with Gasteiger partial charge in [-0.2, -0.15) is 0 Å². The number of Topliss-reactive ketones (excluding diaryl/α,β-unsaturated/α-hetero) is 8. The quantitative estimate of drug-likeness (QED) is 0.0179. The minimum atomic E-state index is -1.29. The Morgan fingerprint density at radius 3 is 0.593 bits per heavy atom. The maximum absolute atomic E-state index is 12.4. The van der Waals surface area contributed by atoms with Crippen LogP contribution in [0.2, 0.25) is 0 Å². The molecule has 0 radical (unpaired) electrons. The summed E-state index contributed by atoms with van der Waals surface area (Å²) < 4.78 is 78.7. The Bertz CT molecular complexity index is 4010. The summed E-state index contributed by atoms with van der Waals surface area (Å²) in [6.45, 7) is 32.5. The van der Waals surface area contributed by atoms with Gasteiger partial charge >= 0.3 is 99.0 Å². The maximum atomic E-state index is 12.4. The Hall–Kier alpha value is -7.49. The number of ketones is 8. The number of hydrogen-bond acceptors (Lipinski definition) is 36. The predicted octanol–water partition coefficient (Wildman–Crippen LogP) is 13.2. The average Bonchev–Trinajstić information content (AvgIpc) is 0.962. The fraction of sp³-hybridized carbons (Fsp3) is 0.762. The molecule has 39 heteroatoms. The molecule has 8 unspecified atom stereocenters. The summed E-state index contributed by atoms with van der Waals surface area (Å²) in [6.07, 6.45) is 9.43. The van der Waals surface area contributed by atoms with Crippen molar-refractivity contribution >= 4 is 171 Å². The summed E-state index contributed by atoms with van der Waals surface area (Å²) in [5, 5.41) is 0. The van der Waals surface area contributed by atoms with Crippen molar-refractivity contribution < 1.29 is 152 Å². The van der Waals surface area contributed by atoms with Gasteiger partial charge in [0.25, 0.3) is 0 Å². The SMILES string of the molecule is C.CCC(=O)CCCCC(=O)CN=C(C)CCC(=O)OC(C)COCC(C)OC(=O)CCC(C)=NCC(=O)CCCCC(=O)CN=C(C)CCC(=O)OC(C)COCC(C)OC(=O)CCC(C)=NC.CCC(=O)CCCCC(=O)CN=C(C)CCC(=O)OCC(C)OC(C)COC(=O)CCC(C)=NCC(=O)CCCCC(=O)CN=C(C)CCC(=O)OCC(C)OC(C)COC(=O)CCC(C)=NC.[2H][I-]I([2H])I. The minimum absolute atomic E-state index is 0. The second-order valence-electron chi connectivity index (χ2n) is 34.6. The van der Waals surface area contributed by atoms with Gasteiger partial charge in [0.2, 0.25) is 0 Å². The van der Waals surface area contributed by atoms with E-state index in [2.05, 4.69) is 58.6 Å². The molecular weight excluding hydrogens is 2150 g/mol. The van der Waals surface area contributed by atoms with Gasteiger partial charge in [-0.15, -0.1) is 0 Å². The van der Waals surface area contributed by atoms with Crippen LogP contribution in [0.3, 0.4) is 0 Å². The molecule has 0 N–H and O–H groups in total. The number of hydrogen-bond donors (Lipinski definition) is 0. The van der Waals surface area contributed by atoms with Crippen LogP contribution in [0, 0.1) is 0 Å². The fourth-order valence-electron chi connectivity index (χ4n) is 11.9. The fourth-order valence-corrected chi connectivity index (χ4v) is 11.9. The van der Waals surface area contributed by atoms with E-state index >= 15 is 0 Å². The number of nitrogens with zero attached hydrogens (tertiary/aromatic N) is 8. The average molecular weight is 2330 g/mol. The third-order valence-electron chi connectivity index (χ3n) is 20.5. The van der Waals surface area contributed by atoms with E-state index in [0.29, 0.717) is 176 Å². The zero-order valence-corrected chi connectivity index (χ0v) is 93.2. The molecule has 0 fully saturated rings. The molecule has 8 atom stereocenters. The molecule has 0 aromatic heterocycles. The summed E-state index contributed by atoms with van der Waals surface area (Å²) in [7, 11) is 3.35. The number of ether oxygens (including phenoxy) is 12. The predicted molar refractivity (Wildman–Crippen MR) is 560 cm³/mol. The molecule has 0 aromatic rings. The molecule has 0 aliphatic heterocycles. The first-order valence-corrected chi connectivity index (χ1v) is 61.1. The van der Waals surface area contributed by atoms with Crippen molar-refractivity contribution in [1.82, 2.24) is 0 Å². The molecule has 0 heterocycles. The summed E-state index contributed by atoms with van der Waals surface area (Å²) in [4.78, 5) is 227. The Balaban J connectivity index is -0.00000127. The van der Waals surface area contributed by atoms with Crippen molar-refractivity contribution in [1.29, 1.82) is 1.19 Å². The first-order chi connectivity index (χ1) is 66.7. The molecule has 0 saturated carbocycles. The van der Waals surface area contributed by atoms with Gasteiger partial charge in [0.05, 0.1) is 141 Å². The normalized spacial score (nSPS) is 14.1. The van der Waals surface area contributed by atoms with E-state index in [-0.39, 0.29) is 241 Å². The number of carbonyl (C=O) groups excluding carboxylic acids is 16. The summed E-state index contributed by atoms with van der Waals surface area (Å²) >= 11 is 0.414. The van der Waals surface area contributed by atoms with Crippen LogP contribution in [0.25, 0.3) is 0 Å². The van der Waals surface area contributed by atoms with Crippen molar-refractivity contribution in [2.75, 3.05) is 106 Å². The zero-order chi connectivity index (χ0) is 107. The van der Waals surface area contributed by atoms with Gasteiger partial charge in [-0.25, -0.2) is 0 Å². The Morgan fingerprint density at radius 2 is 0.429 bits per heavy atom. The van der Waals surface area contributed by atoms with Crippen molar-refractivity contribution in [3.05, 3.63) is 0 Å². The molecule has 0 saturated heterocycles. The molecule has 804 valence electrons. The van der Waals surface area contributed by atoms with Crippen LogP contribution in [0.15, 0.2) is 39.9 Å². The van der Waals surface area contributed by atoms with Gasteiger partial charge in [0.15, 0.2) is 34.7 Å². The van der Waals surface area contributed by atoms with Crippen LogP contribution >= 0.6 is 31.7 Å². The summed E-state index contributed by atoms with van der Waals surface area (Å²) in [5.41, 5.74) is 5.70. The van der Waals surface area contributed by atoms with E-state index in [1.807, 2.05) is 27.7 Å². The van der Waals surface area contributed by atoms with E-state index in [1.165, 1.54) is 0 Å². The number of esters is 8. The number of carbonyl (C=O) groups is 16. The Morgan fingerprint density at radius 1 is 0.264 bits per heavy atom. The van der Waals surface area contributed by atoms with Crippen LogP contribution in [-0.4, -0.2) is 296 Å². The molecular formula is C101H170I3N8O28-. The molecule has 140 heavy (non-hydrogen) atoms. The van der Waals surface area contributed by atoms with Crippen LogP contribution in [-0.2, 0) is 134 Å². The first kappa shape index (κ1) is 135. The Kier molecular flexibility index (Phi) is 86.8.